The van der Waals surface area contributed by atoms with Crippen molar-refractivity contribution in [1.82, 2.24) is 4.98 Å². The van der Waals surface area contributed by atoms with E-state index in [4.69, 9.17) is 5.73 Å². The molecule has 108 valence electrons. The van der Waals surface area contributed by atoms with Crippen LogP contribution in [0.4, 0.5) is 8.78 Å². The third-order valence-corrected chi connectivity index (χ3v) is 3.95. The summed E-state index contributed by atoms with van der Waals surface area (Å²) < 4.78 is 26.5. The maximum Gasteiger partial charge on any atom is 0.130 e. The van der Waals surface area contributed by atoms with E-state index < -0.39 is 17.7 Å². The van der Waals surface area contributed by atoms with Gasteiger partial charge in [-0.3, -0.25) is 0 Å². The molecule has 0 aliphatic rings. The number of aromatic nitrogens is 1. The van der Waals surface area contributed by atoms with E-state index >= 15 is 0 Å². The van der Waals surface area contributed by atoms with Crippen LogP contribution in [0.25, 0.3) is 0 Å². The number of hydrogen-bond donors (Lipinski definition) is 1. The summed E-state index contributed by atoms with van der Waals surface area (Å²) >= 11 is 1.52. The van der Waals surface area contributed by atoms with Gasteiger partial charge < -0.3 is 5.73 Å². The van der Waals surface area contributed by atoms with Gasteiger partial charge in [0.05, 0.1) is 10.7 Å². The third-order valence-electron chi connectivity index (χ3n) is 3.08. The molecular weight excluding hydrogens is 278 g/mol. The molecule has 20 heavy (non-hydrogen) atoms. The molecule has 2 N–H and O–H groups in total. The lowest BCUT2D eigenvalue weighted by molar-refractivity contribution is 0.550. The largest absolute Gasteiger partial charge is 0.324 e. The minimum atomic E-state index is -0.606. The van der Waals surface area contributed by atoms with Gasteiger partial charge >= 0.3 is 0 Å². The minimum Gasteiger partial charge on any atom is -0.324 e. The molecule has 0 amide bonds. The average Bonchev–Trinajstić information content (AvgIpc) is 2.76. The van der Waals surface area contributed by atoms with Crippen LogP contribution >= 0.6 is 11.3 Å². The topological polar surface area (TPSA) is 38.9 Å². The maximum absolute atomic E-state index is 13.7. The molecule has 1 heterocycles. The molecule has 0 fully saturated rings. The highest BCUT2D eigenvalue weighted by atomic mass is 32.1. The monoisotopic (exact) mass is 296 g/mol. The van der Waals surface area contributed by atoms with Crippen molar-refractivity contribution >= 4 is 11.3 Å². The zero-order valence-electron chi connectivity index (χ0n) is 11.8. The van der Waals surface area contributed by atoms with E-state index in [2.05, 4.69) is 25.8 Å². The van der Waals surface area contributed by atoms with Crippen LogP contribution in [-0.4, -0.2) is 4.98 Å². The van der Waals surface area contributed by atoms with Gasteiger partial charge in [0, 0.05) is 34.9 Å². The lowest BCUT2D eigenvalue weighted by atomic mass is 9.93. The molecule has 1 aromatic heterocycles. The Bertz CT molecular complexity index is 602. The molecule has 1 atom stereocenters. The highest BCUT2D eigenvalue weighted by molar-refractivity contribution is 7.09. The van der Waals surface area contributed by atoms with E-state index in [1.807, 2.05) is 5.38 Å². The Balaban J connectivity index is 2.15. The zero-order chi connectivity index (χ0) is 14.9. The molecule has 1 unspecified atom stereocenters. The van der Waals surface area contributed by atoms with Crippen LogP contribution in [0.3, 0.4) is 0 Å². The summed E-state index contributed by atoms with van der Waals surface area (Å²) in [6.07, 6.45) is 0.448. The Morgan fingerprint density at radius 2 is 2.00 bits per heavy atom. The van der Waals surface area contributed by atoms with Crippen molar-refractivity contribution in [1.29, 1.82) is 0 Å². The van der Waals surface area contributed by atoms with Gasteiger partial charge in [-0.2, -0.15) is 0 Å². The van der Waals surface area contributed by atoms with Gasteiger partial charge in [-0.1, -0.05) is 26.8 Å². The molecule has 0 bridgehead atoms. The summed E-state index contributed by atoms with van der Waals surface area (Å²) in [5.74, 6) is -1.20. The predicted octanol–water partition coefficient (Wildman–Crippen LogP) is 3.96. The molecule has 0 radical (unpaired) electrons. The first-order valence-corrected chi connectivity index (χ1v) is 7.31. The summed E-state index contributed by atoms with van der Waals surface area (Å²) in [5, 5.41) is 2.87. The molecule has 0 spiro atoms. The van der Waals surface area contributed by atoms with Crippen LogP contribution < -0.4 is 5.73 Å². The molecule has 0 saturated heterocycles. The Labute approximate surface area is 121 Å². The molecular formula is C15H18F2N2S. The molecule has 0 saturated carbocycles. The molecule has 2 nitrogen and oxygen atoms in total. The fourth-order valence-electron chi connectivity index (χ4n) is 1.85. The predicted molar refractivity (Wildman–Crippen MR) is 77.8 cm³/mol. The molecule has 2 rings (SSSR count). The van der Waals surface area contributed by atoms with Crippen molar-refractivity contribution < 1.29 is 8.78 Å². The number of nitrogens with zero attached hydrogens (tertiary/aromatic N) is 1. The number of thiazole rings is 1. The van der Waals surface area contributed by atoms with E-state index in [0.717, 1.165) is 16.8 Å². The van der Waals surface area contributed by atoms with E-state index in [1.165, 1.54) is 23.5 Å². The zero-order valence-corrected chi connectivity index (χ0v) is 12.6. The van der Waals surface area contributed by atoms with Crippen LogP contribution in [-0.2, 0) is 11.8 Å². The SMILES string of the molecule is CC(C)(C)c1csc(CC(N)c2ccc(F)cc2F)n1. The van der Waals surface area contributed by atoms with Gasteiger partial charge in [-0.05, 0) is 6.07 Å². The summed E-state index contributed by atoms with van der Waals surface area (Å²) in [6.45, 7) is 6.27. The number of benzene rings is 1. The summed E-state index contributed by atoms with van der Waals surface area (Å²) in [5.41, 5.74) is 7.31. The van der Waals surface area contributed by atoms with Crippen LogP contribution in [0, 0.1) is 11.6 Å². The van der Waals surface area contributed by atoms with Crippen molar-refractivity contribution in [3.05, 3.63) is 51.5 Å². The molecule has 5 heteroatoms. The summed E-state index contributed by atoms with van der Waals surface area (Å²) in [6, 6.07) is 2.96. The first-order valence-electron chi connectivity index (χ1n) is 6.43. The molecule has 1 aromatic carbocycles. The third kappa shape index (κ3) is 3.41. The van der Waals surface area contributed by atoms with Gasteiger partial charge in [0.2, 0.25) is 0 Å². The fourth-order valence-corrected chi connectivity index (χ4v) is 2.93. The van der Waals surface area contributed by atoms with Crippen LogP contribution in [0.5, 0.6) is 0 Å². The van der Waals surface area contributed by atoms with Crippen LogP contribution in [0.1, 0.15) is 43.1 Å². The first kappa shape index (κ1) is 15.1. The van der Waals surface area contributed by atoms with Crippen molar-refractivity contribution in [2.24, 2.45) is 5.73 Å². The van der Waals surface area contributed by atoms with Gasteiger partial charge in [0.15, 0.2) is 0 Å². The van der Waals surface area contributed by atoms with Crippen LogP contribution in [0.15, 0.2) is 23.6 Å². The second-order valence-corrected chi connectivity index (χ2v) is 6.80. The van der Waals surface area contributed by atoms with Gasteiger partial charge in [-0.25, -0.2) is 13.8 Å². The van der Waals surface area contributed by atoms with E-state index in [1.54, 1.807) is 0 Å². The normalized spacial score (nSPS) is 13.5. The molecule has 0 aliphatic heterocycles. The van der Waals surface area contributed by atoms with E-state index in [-0.39, 0.29) is 5.41 Å². The average molecular weight is 296 g/mol. The molecule has 0 aliphatic carbocycles. The Morgan fingerprint density at radius 1 is 1.30 bits per heavy atom. The van der Waals surface area contributed by atoms with Crippen molar-refractivity contribution in [3.63, 3.8) is 0 Å². The van der Waals surface area contributed by atoms with Crippen molar-refractivity contribution in [2.75, 3.05) is 0 Å². The summed E-state index contributed by atoms with van der Waals surface area (Å²) in [4.78, 5) is 4.54. The Morgan fingerprint density at radius 3 is 2.55 bits per heavy atom. The maximum atomic E-state index is 13.7. The van der Waals surface area contributed by atoms with Gasteiger partial charge in [0.25, 0.3) is 0 Å². The smallest absolute Gasteiger partial charge is 0.130 e. The summed E-state index contributed by atoms with van der Waals surface area (Å²) in [7, 11) is 0. The number of nitrogens with two attached hydrogens (primary N) is 1. The number of hydrogen-bond acceptors (Lipinski definition) is 3. The number of rotatable bonds is 3. The first-order chi connectivity index (χ1) is 9.27. The second-order valence-electron chi connectivity index (χ2n) is 5.85. The second kappa shape index (κ2) is 5.58. The molecule has 2 aromatic rings. The van der Waals surface area contributed by atoms with Gasteiger partial charge in [0.1, 0.15) is 11.6 Å². The quantitative estimate of drug-likeness (QED) is 0.931. The lowest BCUT2D eigenvalue weighted by Crippen LogP contribution is -2.16. The van der Waals surface area contributed by atoms with Gasteiger partial charge in [-0.15, -0.1) is 11.3 Å². The lowest BCUT2D eigenvalue weighted by Gasteiger charge is -2.15. The fraction of sp³-hybridized carbons (Fsp3) is 0.400. The highest BCUT2D eigenvalue weighted by Gasteiger charge is 2.19. The Kier molecular flexibility index (Phi) is 4.20. The van der Waals surface area contributed by atoms with E-state index in [9.17, 15) is 8.78 Å². The minimum absolute atomic E-state index is 0.0139. The van der Waals surface area contributed by atoms with Crippen LogP contribution in [0.2, 0.25) is 0 Å². The Hall–Kier alpha value is -1.33. The standard InChI is InChI=1S/C15H18F2N2S/c1-15(2,3)13-8-20-14(19-13)7-12(18)10-5-4-9(16)6-11(10)17/h4-6,8,12H,7,18H2,1-3H3. The van der Waals surface area contributed by atoms with Crippen molar-refractivity contribution in [2.45, 2.75) is 38.6 Å². The highest BCUT2D eigenvalue weighted by Crippen LogP contribution is 2.26. The van der Waals surface area contributed by atoms with E-state index in [0.29, 0.717) is 12.0 Å². The number of halogens is 2. The van der Waals surface area contributed by atoms with Crippen molar-refractivity contribution in [3.8, 4) is 0 Å².